The minimum absolute atomic E-state index is 0.0416. The van der Waals surface area contributed by atoms with Crippen LogP contribution in [0.2, 0.25) is 0 Å². The largest absolute Gasteiger partial charge is 0.305 e. The highest BCUT2D eigenvalue weighted by molar-refractivity contribution is 4.85. The second kappa shape index (κ2) is 5.21. The molecule has 0 radical (unpaired) electrons. The highest BCUT2D eigenvalue weighted by Crippen LogP contribution is 2.07. The summed E-state index contributed by atoms with van der Waals surface area (Å²) in [4.78, 5) is 4.62. The minimum atomic E-state index is 0.0416. The number of nitrogens with zero attached hydrogens (tertiary/aromatic N) is 1. The molecule has 0 rings (SSSR count). The molecule has 0 bridgehead atoms. The van der Waals surface area contributed by atoms with Crippen molar-refractivity contribution in [2.24, 2.45) is 11.8 Å². The van der Waals surface area contributed by atoms with Gasteiger partial charge in [0.1, 0.15) is 0 Å². The molecule has 3 heteroatoms. The Hall–Kier alpha value is -0.590. The van der Waals surface area contributed by atoms with Crippen molar-refractivity contribution in [3.8, 4) is 6.07 Å². The third kappa shape index (κ3) is 3.44. The summed E-state index contributed by atoms with van der Waals surface area (Å²) in [5, 5.41) is 8.58. The molecule has 0 fully saturated rings. The molecule has 1 atom stereocenters. The van der Waals surface area contributed by atoms with Crippen LogP contribution in [-0.2, 0) is 4.84 Å². The number of hydroxylamine groups is 1. The summed E-state index contributed by atoms with van der Waals surface area (Å²) in [5.74, 6) is 0.424. The van der Waals surface area contributed by atoms with Gasteiger partial charge in [0.2, 0.25) is 0 Å². The first-order chi connectivity index (χ1) is 4.72. The second-order valence-corrected chi connectivity index (χ2v) is 2.53. The van der Waals surface area contributed by atoms with E-state index >= 15 is 0 Å². The molecule has 10 heavy (non-hydrogen) atoms. The van der Waals surface area contributed by atoms with E-state index in [2.05, 4.69) is 16.4 Å². The fourth-order valence-electron chi connectivity index (χ4n) is 0.604. The number of rotatable bonds is 4. The van der Waals surface area contributed by atoms with Crippen LogP contribution >= 0.6 is 0 Å². The van der Waals surface area contributed by atoms with Crippen LogP contribution in [0.1, 0.15) is 13.8 Å². The second-order valence-electron chi connectivity index (χ2n) is 2.53. The standard InChI is InChI=1S/C7H14N2O/c1-6(2)7(4-8)5-9-10-3/h6-7,9H,5H2,1-3H3. The van der Waals surface area contributed by atoms with Crippen molar-refractivity contribution in [3.05, 3.63) is 0 Å². The van der Waals surface area contributed by atoms with Crippen LogP contribution in [0, 0.1) is 23.2 Å². The molecule has 0 saturated heterocycles. The van der Waals surface area contributed by atoms with Gasteiger partial charge in [-0.3, -0.25) is 0 Å². The molecule has 0 aliphatic heterocycles. The van der Waals surface area contributed by atoms with E-state index in [9.17, 15) is 0 Å². The number of hydrogen-bond donors (Lipinski definition) is 1. The van der Waals surface area contributed by atoms with Crippen molar-refractivity contribution < 1.29 is 4.84 Å². The Labute approximate surface area is 61.9 Å². The van der Waals surface area contributed by atoms with Crippen molar-refractivity contribution in [3.63, 3.8) is 0 Å². The summed E-state index contributed by atoms with van der Waals surface area (Å²) >= 11 is 0. The van der Waals surface area contributed by atoms with E-state index in [-0.39, 0.29) is 5.92 Å². The monoisotopic (exact) mass is 142 g/mol. The Balaban J connectivity index is 3.53. The predicted octanol–water partition coefficient (Wildman–Crippen LogP) is 0.933. The van der Waals surface area contributed by atoms with Gasteiger partial charge in [0, 0.05) is 6.54 Å². The summed E-state index contributed by atoms with van der Waals surface area (Å²) in [6.07, 6.45) is 0. The topological polar surface area (TPSA) is 45.0 Å². The van der Waals surface area contributed by atoms with E-state index in [1.54, 1.807) is 7.11 Å². The van der Waals surface area contributed by atoms with Crippen LogP contribution in [0.3, 0.4) is 0 Å². The third-order valence-corrected chi connectivity index (χ3v) is 1.42. The van der Waals surface area contributed by atoms with Gasteiger partial charge in [-0.05, 0) is 5.92 Å². The van der Waals surface area contributed by atoms with Crippen LogP contribution in [-0.4, -0.2) is 13.7 Å². The van der Waals surface area contributed by atoms with E-state index < -0.39 is 0 Å². The molecule has 0 aliphatic carbocycles. The number of nitrogens with one attached hydrogen (secondary N) is 1. The first-order valence-corrected chi connectivity index (χ1v) is 3.37. The van der Waals surface area contributed by atoms with E-state index in [1.807, 2.05) is 13.8 Å². The summed E-state index contributed by atoms with van der Waals surface area (Å²) in [6.45, 7) is 4.64. The maximum Gasteiger partial charge on any atom is 0.0672 e. The average molecular weight is 142 g/mol. The SMILES string of the molecule is CONCC(C#N)C(C)C. The Kier molecular flexibility index (Phi) is 4.91. The molecule has 0 aromatic heterocycles. The van der Waals surface area contributed by atoms with Gasteiger partial charge < -0.3 is 4.84 Å². The van der Waals surface area contributed by atoms with Crippen molar-refractivity contribution in [1.82, 2.24) is 5.48 Å². The van der Waals surface area contributed by atoms with Gasteiger partial charge in [0.05, 0.1) is 19.1 Å². The molecule has 0 spiro atoms. The lowest BCUT2D eigenvalue weighted by atomic mass is 9.98. The lowest BCUT2D eigenvalue weighted by Crippen LogP contribution is -2.24. The zero-order valence-electron chi connectivity index (χ0n) is 6.72. The van der Waals surface area contributed by atoms with E-state index in [4.69, 9.17) is 5.26 Å². The summed E-state index contributed by atoms with van der Waals surface area (Å²) in [5.41, 5.74) is 2.66. The van der Waals surface area contributed by atoms with E-state index in [0.717, 1.165) is 0 Å². The van der Waals surface area contributed by atoms with Crippen LogP contribution in [0.25, 0.3) is 0 Å². The Morgan fingerprint density at radius 1 is 1.60 bits per heavy atom. The maximum atomic E-state index is 8.58. The Morgan fingerprint density at radius 2 is 2.20 bits per heavy atom. The lowest BCUT2D eigenvalue weighted by molar-refractivity contribution is 0.0806. The maximum absolute atomic E-state index is 8.58. The van der Waals surface area contributed by atoms with Gasteiger partial charge in [0.15, 0.2) is 0 Å². The molecule has 1 unspecified atom stereocenters. The molecule has 0 heterocycles. The molecule has 1 N–H and O–H groups in total. The van der Waals surface area contributed by atoms with Crippen LogP contribution < -0.4 is 5.48 Å². The predicted molar refractivity (Wildman–Crippen MR) is 39.0 cm³/mol. The van der Waals surface area contributed by atoms with Gasteiger partial charge in [-0.25, -0.2) is 5.48 Å². The molecule has 0 aliphatic rings. The molecular weight excluding hydrogens is 128 g/mol. The van der Waals surface area contributed by atoms with Crippen LogP contribution in [0.5, 0.6) is 0 Å². The fraction of sp³-hybridized carbons (Fsp3) is 0.857. The molecular formula is C7H14N2O. The van der Waals surface area contributed by atoms with Gasteiger partial charge >= 0.3 is 0 Å². The zero-order valence-corrected chi connectivity index (χ0v) is 6.72. The van der Waals surface area contributed by atoms with Crippen molar-refractivity contribution >= 4 is 0 Å². The number of hydrogen-bond acceptors (Lipinski definition) is 3. The minimum Gasteiger partial charge on any atom is -0.305 e. The van der Waals surface area contributed by atoms with Crippen LogP contribution in [0.4, 0.5) is 0 Å². The van der Waals surface area contributed by atoms with Gasteiger partial charge in [-0.1, -0.05) is 13.8 Å². The van der Waals surface area contributed by atoms with E-state index in [0.29, 0.717) is 12.5 Å². The van der Waals surface area contributed by atoms with Gasteiger partial charge in [0.25, 0.3) is 0 Å². The quantitative estimate of drug-likeness (QED) is 0.594. The van der Waals surface area contributed by atoms with E-state index in [1.165, 1.54) is 0 Å². The van der Waals surface area contributed by atoms with Crippen molar-refractivity contribution in [1.29, 1.82) is 5.26 Å². The first kappa shape index (κ1) is 9.41. The molecule has 0 aromatic rings. The average Bonchev–Trinajstić information content (AvgIpc) is 1.89. The Bertz CT molecular complexity index is 117. The Morgan fingerprint density at radius 3 is 2.50 bits per heavy atom. The van der Waals surface area contributed by atoms with Crippen molar-refractivity contribution in [2.75, 3.05) is 13.7 Å². The number of nitriles is 1. The molecule has 3 nitrogen and oxygen atoms in total. The third-order valence-electron chi connectivity index (χ3n) is 1.42. The van der Waals surface area contributed by atoms with Gasteiger partial charge in [-0.15, -0.1) is 0 Å². The lowest BCUT2D eigenvalue weighted by Gasteiger charge is -2.11. The fourth-order valence-corrected chi connectivity index (χ4v) is 0.604. The highest BCUT2D eigenvalue weighted by Gasteiger charge is 2.10. The smallest absolute Gasteiger partial charge is 0.0672 e. The zero-order chi connectivity index (χ0) is 7.98. The summed E-state index contributed by atoms with van der Waals surface area (Å²) in [7, 11) is 1.55. The normalized spacial score (nSPS) is 13.1. The van der Waals surface area contributed by atoms with Gasteiger partial charge in [-0.2, -0.15) is 5.26 Å². The van der Waals surface area contributed by atoms with Crippen molar-refractivity contribution in [2.45, 2.75) is 13.8 Å². The molecule has 0 aromatic carbocycles. The summed E-state index contributed by atoms with van der Waals surface area (Å²) < 4.78 is 0. The highest BCUT2D eigenvalue weighted by atomic mass is 16.6. The summed E-state index contributed by atoms with van der Waals surface area (Å²) in [6, 6.07) is 2.19. The molecule has 0 amide bonds. The van der Waals surface area contributed by atoms with Crippen LogP contribution in [0.15, 0.2) is 0 Å². The molecule has 58 valence electrons. The first-order valence-electron chi connectivity index (χ1n) is 3.37. The molecule has 0 saturated carbocycles.